The summed E-state index contributed by atoms with van der Waals surface area (Å²) >= 11 is 0. The molecule has 1 heterocycles. The van der Waals surface area contributed by atoms with E-state index >= 15 is 0 Å². The van der Waals surface area contributed by atoms with Crippen molar-refractivity contribution in [2.75, 3.05) is 19.6 Å². The summed E-state index contributed by atoms with van der Waals surface area (Å²) in [7, 11) is 0. The molecule has 1 N–H and O–H groups in total. The molecule has 1 rings (SSSR count). The normalized spacial score (nSPS) is 23.0. The lowest BCUT2D eigenvalue weighted by molar-refractivity contribution is 0.143. The maximum absolute atomic E-state index is 3.59. The first kappa shape index (κ1) is 13.0. The Balaban J connectivity index is 2.42. The number of nitrogens with zero attached hydrogens (tertiary/aromatic N) is 1. The van der Waals surface area contributed by atoms with E-state index < -0.39 is 0 Å². The van der Waals surface area contributed by atoms with Gasteiger partial charge in [-0.15, -0.1) is 0 Å². The third kappa shape index (κ3) is 4.98. The molecule has 0 aliphatic carbocycles. The molecule has 1 saturated heterocycles. The summed E-state index contributed by atoms with van der Waals surface area (Å²) in [6.07, 6.45) is 2.71. The van der Waals surface area contributed by atoms with E-state index in [0.29, 0.717) is 11.5 Å². The Kier molecular flexibility index (Phi) is 4.60. The number of hydrogen-bond donors (Lipinski definition) is 1. The van der Waals surface area contributed by atoms with E-state index in [0.717, 1.165) is 6.04 Å². The van der Waals surface area contributed by atoms with E-state index in [9.17, 15) is 0 Å². The molecule has 0 aromatic carbocycles. The molecule has 1 aliphatic rings. The largest absolute Gasteiger partial charge is 0.313 e. The maximum atomic E-state index is 3.59. The van der Waals surface area contributed by atoms with Crippen molar-refractivity contribution >= 4 is 0 Å². The van der Waals surface area contributed by atoms with Crippen LogP contribution >= 0.6 is 0 Å². The van der Waals surface area contributed by atoms with Crippen LogP contribution in [-0.2, 0) is 0 Å². The van der Waals surface area contributed by atoms with Gasteiger partial charge in [0.1, 0.15) is 0 Å². The van der Waals surface area contributed by atoms with Gasteiger partial charge >= 0.3 is 0 Å². The lowest BCUT2D eigenvalue weighted by Gasteiger charge is -2.34. The minimum Gasteiger partial charge on any atom is -0.313 e. The van der Waals surface area contributed by atoms with E-state index in [2.05, 4.69) is 44.8 Å². The van der Waals surface area contributed by atoms with E-state index in [-0.39, 0.29) is 0 Å². The van der Waals surface area contributed by atoms with Gasteiger partial charge in [0.2, 0.25) is 0 Å². The van der Waals surface area contributed by atoms with Gasteiger partial charge in [0.05, 0.1) is 0 Å². The second-order valence-corrected chi connectivity index (χ2v) is 6.38. The van der Waals surface area contributed by atoms with Gasteiger partial charge in [-0.1, -0.05) is 20.8 Å². The van der Waals surface area contributed by atoms with Gasteiger partial charge in [-0.3, -0.25) is 4.90 Å². The van der Waals surface area contributed by atoms with Crippen molar-refractivity contribution in [3.8, 4) is 0 Å². The molecule has 1 fully saturated rings. The van der Waals surface area contributed by atoms with Gasteiger partial charge in [0.25, 0.3) is 0 Å². The van der Waals surface area contributed by atoms with Crippen molar-refractivity contribution in [1.82, 2.24) is 10.2 Å². The highest BCUT2D eigenvalue weighted by Gasteiger charge is 2.23. The molecular formula is C13H28N2. The molecule has 0 radical (unpaired) electrons. The first-order chi connectivity index (χ1) is 6.88. The van der Waals surface area contributed by atoms with Crippen molar-refractivity contribution in [2.24, 2.45) is 5.41 Å². The molecule has 15 heavy (non-hydrogen) atoms. The number of hydrogen-bond acceptors (Lipinski definition) is 2. The molecule has 0 amide bonds. The highest BCUT2D eigenvalue weighted by atomic mass is 15.2. The molecule has 0 saturated carbocycles. The first-order valence-electron chi connectivity index (χ1n) is 6.36. The molecule has 1 atom stereocenters. The molecule has 90 valence electrons. The minimum atomic E-state index is 0.406. The summed E-state index contributed by atoms with van der Waals surface area (Å²) in [5.74, 6) is 0. The van der Waals surface area contributed by atoms with Gasteiger partial charge in [0.15, 0.2) is 0 Å². The Labute approximate surface area is 95.4 Å². The Morgan fingerprint density at radius 2 is 2.00 bits per heavy atom. The van der Waals surface area contributed by atoms with Gasteiger partial charge in [-0.25, -0.2) is 0 Å². The molecular weight excluding hydrogens is 184 g/mol. The topological polar surface area (TPSA) is 15.3 Å². The van der Waals surface area contributed by atoms with Crippen LogP contribution in [0.3, 0.4) is 0 Å². The smallest absolute Gasteiger partial charge is 0.0195 e. The van der Waals surface area contributed by atoms with Crippen LogP contribution in [0.15, 0.2) is 0 Å². The monoisotopic (exact) mass is 212 g/mol. The molecule has 0 aromatic rings. The van der Waals surface area contributed by atoms with E-state index in [1.807, 2.05) is 0 Å². The molecule has 0 bridgehead atoms. The van der Waals surface area contributed by atoms with E-state index in [4.69, 9.17) is 0 Å². The molecule has 2 heteroatoms. The fourth-order valence-corrected chi connectivity index (χ4v) is 2.26. The number of rotatable bonds is 4. The van der Waals surface area contributed by atoms with Crippen molar-refractivity contribution in [2.45, 2.75) is 59.5 Å². The summed E-state index contributed by atoms with van der Waals surface area (Å²) < 4.78 is 0. The predicted octanol–water partition coefficient (Wildman–Crippen LogP) is 2.49. The van der Waals surface area contributed by atoms with Gasteiger partial charge < -0.3 is 5.32 Å². The molecule has 1 unspecified atom stereocenters. The third-order valence-corrected chi connectivity index (χ3v) is 3.02. The SMILES string of the molecule is CC(C)N(CC1CCCN1)CC(C)(C)C. The summed E-state index contributed by atoms with van der Waals surface area (Å²) in [6, 6.07) is 1.39. The fraction of sp³-hybridized carbons (Fsp3) is 1.00. The second kappa shape index (κ2) is 5.31. The Morgan fingerprint density at radius 1 is 1.33 bits per heavy atom. The molecule has 0 aromatic heterocycles. The van der Waals surface area contributed by atoms with Gasteiger partial charge in [-0.05, 0) is 38.6 Å². The van der Waals surface area contributed by atoms with Crippen molar-refractivity contribution < 1.29 is 0 Å². The highest BCUT2D eigenvalue weighted by molar-refractivity contribution is 4.81. The van der Waals surface area contributed by atoms with Crippen LogP contribution in [0, 0.1) is 5.41 Å². The van der Waals surface area contributed by atoms with Crippen LogP contribution in [0.2, 0.25) is 0 Å². The Morgan fingerprint density at radius 3 is 2.40 bits per heavy atom. The van der Waals surface area contributed by atoms with Crippen LogP contribution in [0.4, 0.5) is 0 Å². The third-order valence-electron chi connectivity index (χ3n) is 3.02. The maximum Gasteiger partial charge on any atom is 0.0195 e. The lowest BCUT2D eigenvalue weighted by Crippen LogP contribution is -2.44. The predicted molar refractivity (Wildman–Crippen MR) is 67.2 cm³/mol. The van der Waals surface area contributed by atoms with Crippen LogP contribution in [0.5, 0.6) is 0 Å². The number of nitrogens with one attached hydrogen (secondary N) is 1. The van der Waals surface area contributed by atoms with Crippen molar-refractivity contribution in [3.05, 3.63) is 0 Å². The average molecular weight is 212 g/mol. The minimum absolute atomic E-state index is 0.406. The van der Waals surface area contributed by atoms with Crippen LogP contribution in [-0.4, -0.2) is 36.6 Å². The Bertz CT molecular complexity index is 175. The van der Waals surface area contributed by atoms with Crippen LogP contribution in [0.1, 0.15) is 47.5 Å². The quantitative estimate of drug-likeness (QED) is 0.770. The van der Waals surface area contributed by atoms with Gasteiger partial charge in [-0.2, -0.15) is 0 Å². The van der Waals surface area contributed by atoms with Crippen LogP contribution < -0.4 is 5.32 Å². The molecule has 2 nitrogen and oxygen atoms in total. The highest BCUT2D eigenvalue weighted by Crippen LogP contribution is 2.18. The van der Waals surface area contributed by atoms with Gasteiger partial charge in [0, 0.05) is 25.2 Å². The van der Waals surface area contributed by atoms with E-state index in [1.165, 1.54) is 32.5 Å². The zero-order valence-electron chi connectivity index (χ0n) is 11.1. The van der Waals surface area contributed by atoms with Crippen LogP contribution in [0.25, 0.3) is 0 Å². The standard InChI is InChI=1S/C13H28N2/c1-11(2)15(10-13(3,4)5)9-12-7-6-8-14-12/h11-12,14H,6-10H2,1-5H3. The van der Waals surface area contributed by atoms with E-state index in [1.54, 1.807) is 0 Å². The summed E-state index contributed by atoms with van der Waals surface area (Å²) in [4.78, 5) is 2.61. The summed E-state index contributed by atoms with van der Waals surface area (Å²) in [6.45, 7) is 15.2. The second-order valence-electron chi connectivity index (χ2n) is 6.38. The summed E-state index contributed by atoms with van der Waals surface area (Å²) in [5.41, 5.74) is 0.406. The molecule has 0 spiro atoms. The first-order valence-corrected chi connectivity index (χ1v) is 6.36. The summed E-state index contributed by atoms with van der Waals surface area (Å²) in [5, 5.41) is 3.59. The fourth-order valence-electron chi connectivity index (χ4n) is 2.26. The molecule has 1 aliphatic heterocycles. The average Bonchev–Trinajstić information content (AvgIpc) is 2.52. The lowest BCUT2D eigenvalue weighted by atomic mass is 9.95. The Hall–Kier alpha value is -0.0800. The zero-order chi connectivity index (χ0) is 11.5. The van der Waals surface area contributed by atoms with Crippen molar-refractivity contribution in [3.63, 3.8) is 0 Å². The zero-order valence-corrected chi connectivity index (χ0v) is 11.1. The van der Waals surface area contributed by atoms with Crippen molar-refractivity contribution in [1.29, 1.82) is 0 Å².